The lowest BCUT2D eigenvalue weighted by atomic mass is 10.1. The summed E-state index contributed by atoms with van der Waals surface area (Å²) in [6.45, 7) is 3.58. The Bertz CT molecular complexity index is 656. The molecule has 2 rings (SSSR count). The van der Waals surface area contributed by atoms with E-state index >= 15 is 0 Å². The zero-order chi connectivity index (χ0) is 15.2. The molecule has 0 amide bonds. The summed E-state index contributed by atoms with van der Waals surface area (Å²) >= 11 is 6.00. The van der Waals surface area contributed by atoms with Crippen LogP contribution in [-0.4, -0.2) is 24.7 Å². The number of nitrogens with zero attached hydrogens (tertiary/aromatic N) is 1. The van der Waals surface area contributed by atoms with Crippen LogP contribution in [0.15, 0.2) is 54.7 Å². The summed E-state index contributed by atoms with van der Waals surface area (Å²) < 4.78 is 10.0. The van der Waals surface area contributed by atoms with Crippen LogP contribution in [0.2, 0.25) is 5.15 Å². The van der Waals surface area contributed by atoms with Gasteiger partial charge in [0.05, 0.1) is 12.7 Å². The van der Waals surface area contributed by atoms with Gasteiger partial charge >= 0.3 is 5.97 Å². The third kappa shape index (κ3) is 3.83. The summed E-state index contributed by atoms with van der Waals surface area (Å²) in [5.74, 6) is -0.124. The summed E-state index contributed by atoms with van der Waals surface area (Å²) in [7, 11) is 1.29. The van der Waals surface area contributed by atoms with Gasteiger partial charge < -0.3 is 9.47 Å². The number of rotatable bonds is 5. The third-order valence-corrected chi connectivity index (χ3v) is 3.07. The maximum Gasteiger partial charge on any atom is 0.336 e. The Labute approximate surface area is 128 Å². The molecular formula is C16H14ClNO3. The number of benzene rings is 1. The Balaban J connectivity index is 2.17. The lowest BCUT2D eigenvalue weighted by molar-refractivity contribution is -0.136. The Morgan fingerprint density at radius 3 is 2.67 bits per heavy atom. The second kappa shape index (κ2) is 6.90. The van der Waals surface area contributed by atoms with E-state index in [1.54, 1.807) is 12.3 Å². The normalized spacial score (nSPS) is 10.0. The summed E-state index contributed by atoms with van der Waals surface area (Å²) in [4.78, 5) is 15.3. The van der Waals surface area contributed by atoms with E-state index < -0.39 is 5.97 Å². The molecule has 0 aliphatic heterocycles. The van der Waals surface area contributed by atoms with Crippen LogP contribution in [0.5, 0.6) is 5.75 Å². The van der Waals surface area contributed by atoms with E-state index in [0.29, 0.717) is 5.75 Å². The second-order valence-electron chi connectivity index (χ2n) is 4.26. The molecule has 0 bridgehead atoms. The lowest BCUT2D eigenvalue weighted by Crippen LogP contribution is -2.11. The van der Waals surface area contributed by atoms with E-state index in [9.17, 15) is 4.79 Å². The molecule has 1 aromatic carbocycles. The number of hydrogen-bond acceptors (Lipinski definition) is 4. The number of esters is 1. The van der Waals surface area contributed by atoms with Crippen molar-refractivity contribution in [1.29, 1.82) is 0 Å². The Morgan fingerprint density at radius 2 is 2.00 bits per heavy atom. The highest BCUT2D eigenvalue weighted by Crippen LogP contribution is 2.28. The monoisotopic (exact) mass is 303 g/mol. The van der Waals surface area contributed by atoms with Gasteiger partial charge in [-0.3, -0.25) is 0 Å². The van der Waals surface area contributed by atoms with Gasteiger partial charge in [0.15, 0.2) is 10.9 Å². The highest BCUT2D eigenvalue weighted by molar-refractivity contribution is 6.30. The van der Waals surface area contributed by atoms with Gasteiger partial charge in [-0.25, -0.2) is 9.78 Å². The SMILES string of the molecule is C=C(COc1cc(-c2ccccc2)cnc1Cl)C(=O)OC. The van der Waals surface area contributed by atoms with Crippen LogP contribution >= 0.6 is 11.6 Å². The first kappa shape index (κ1) is 15.1. The molecule has 2 aromatic rings. The van der Waals surface area contributed by atoms with Gasteiger partial charge in [-0.1, -0.05) is 48.5 Å². The molecule has 4 nitrogen and oxygen atoms in total. The van der Waals surface area contributed by atoms with E-state index in [2.05, 4.69) is 16.3 Å². The van der Waals surface area contributed by atoms with Gasteiger partial charge in [0.25, 0.3) is 0 Å². The zero-order valence-electron chi connectivity index (χ0n) is 11.5. The molecule has 0 N–H and O–H groups in total. The van der Waals surface area contributed by atoms with E-state index in [1.165, 1.54) is 7.11 Å². The van der Waals surface area contributed by atoms with Crippen molar-refractivity contribution in [2.75, 3.05) is 13.7 Å². The molecule has 0 saturated carbocycles. The van der Waals surface area contributed by atoms with Gasteiger partial charge in [-0.15, -0.1) is 0 Å². The first-order chi connectivity index (χ1) is 10.1. The molecule has 108 valence electrons. The highest BCUT2D eigenvalue weighted by Gasteiger charge is 2.11. The molecule has 0 aliphatic rings. The van der Waals surface area contributed by atoms with Gasteiger partial charge in [0, 0.05) is 11.8 Å². The molecule has 0 radical (unpaired) electrons. The summed E-state index contributed by atoms with van der Waals surface area (Å²) in [6.07, 6.45) is 1.67. The van der Waals surface area contributed by atoms with Crippen molar-refractivity contribution in [3.8, 4) is 16.9 Å². The van der Waals surface area contributed by atoms with Crippen molar-refractivity contribution >= 4 is 17.6 Å². The van der Waals surface area contributed by atoms with E-state index in [1.807, 2.05) is 30.3 Å². The van der Waals surface area contributed by atoms with Gasteiger partial charge in [-0.05, 0) is 11.6 Å². The molecular weight excluding hydrogens is 290 g/mol. The number of ether oxygens (including phenoxy) is 2. The minimum Gasteiger partial charge on any atom is -0.485 e. The number of methoxy groups -OCH3 is 1. The van der Waals surface area contributed by atoms with Crippen molar-refractivity contribution in [3.63, 3.8) is 0 Å². The van der Waals surface area contributed by atoms with Crippen LogP contribution in [0.4, 0.5) is 0 Å². The van der Waals surface area contributed by atoms with E-state index in [4.69, 9.17) is 16.3 Å². The van der Waals surface area contributed by atoms with Gasteiger partial charge in [0.1, 0.15) is 6.61 Å². The first-order valence-corrected chi connectivity index (χ1v) is 6.59. The van der Waals surface area contributed by atoms with Crippen molar-refractivity contribution in [2.45, 2.75) is 0 Å². The predicted molar refractivity (Wildman–Crippen MR) is 81.3 cm³/mol. The van der Waals surface area contributed by atoms with Gasteiger partial charge in [-0.2, -0.15) is 0 Å². The largest absolute Gasteiger partial charge is 0.485 e. The molecule has 21 heavy (non-hydrogen) atoms. The number of hydrogen-bond donors (Lipinski definition) is 0. The van der Waals surface area contributed by atoms with Gasteiger partial charge in [0.2, 0.25) is 0 Å². The molecule has 0 atom stereocenters. The molecule has 0 saturated heterocycles. The molecule has 1 heterocycles. The van der Waals surface area contributed by atoms with Crippen molar-refractivity contribution in [2.24, 2.45) is 0 Å². The highest BCUT2D eigenvalue weighted by atomic mass is 35.5. The average molecular weight is 304 g/mol. The van der Waals surface area contributed by atoms with Crippen LogP contribution < -0.4 is 4.74 Å². The standard InChI is InChI=1S/C16H14ClNO3/c1-11(16(19)20-2)10-21-14-8-13(9-18-15(14)17)12-6-4-3-5-7-12/h3-9H,1,10H2,2H3. The Morgan fingerprint density at radius 1 is 1.29 bits per heavy atom. The number of carbonyl (C=O) groups is 1. The smallest absolute Gasteiger partial charge is 0.336 e. The molecule has 1 aromatic heterocycles. The minimum atomic E-state index is -0.515. The van der Waals surface area contributed by atoms with Crippen molar-refractivity contribution in [3.05, 3.63) is 59.9 Å². The molecule has 5 heteroatoms. The Hall–Kier alpha value is -2.33. The van der Waals surface area contributed by atoms with Crippen LogP contribution in [0.1, 0.15) is 0 Å². The topological polar surface area (TPSA) is 48.4 Å². The minimum absolute atomic E-state index is 0.00762. The average Bonchev–Trinajstić information content (AvgIpc) is 2.53. The second-order valence-corrected chi connectivity index (χ2v) is 4.62. The summed E-state index contributed by atoms with van der Waals surface area (Å²) in [5.41, 5.74) is 2.08. The van der Waals surface area contributed by atoms with Crippen molar-refractivity contribution in [1.82, 2.24) is 4.98 Å². The maximum atomic E-state index is 11.3. The number of carbonyl (C=O) groups excluding carboxylic acids is 1. The van der Waals surface area contributed by atoms with Crippen LogP contribution in [0.3, 0.4) is 0 Å². The fourth-order valence-electron chi connectivity index (χ4n) is 1.69. The fraction of sp³-hybridized carbons (Fsp3) is 0.125. The predicted octanol–water partition coefficient (Wildman–Crippen LogP) is 3.51. The lowest BCUT2D eigenvalue weighted by Gasteiger charge is -2.10. The number of pyridine rings is 1. The molecule has 0 unspecified atom stereocenters. The maximum absolute atomic E-state index is 11.3. The molecule has 0 spiro atoms. The Kier molecular flexibility index (Phi) is 4.95. The van der Waals surface area contributed by atoms with Crippen LogP contribution in [0.25, 0.3) is 11.1 Å². The fourth-order valence-corrected chi connectivity index (χ4v) is 1.84. The van der Waals surface area contributed by atoms with Crippen LogP contribution in [-0.2, 0) is 9.53 Å². The van der Waals surface area contributed by atoms with Crippen LogP contribution in [0, 0.1) is 0 Å². The number of halogens is 1. The number of aromatic nitrogens is 1. The first-order valence-electron chi connectivity index (χ1n) is 6.21. The molecule has 0 aliphatic carbocycles. The summed E-state index contributed by atoms with van der Waals surface area (Å²) in [5, 5.41) is 0.229. The van der Waals surface area contributed by atoms with Crippen molar-refractivity contribution < 1.29 is 14.3 Å². The quantitative estimate of drug-likeness (QED) is 0.482. The summed E-state index contributed by atoms with van der Waals surface area (Å²) in [6, 6.07) is 11.5. The van der Waals surface area contributed by atoms with E-state index in [0.717, 1.165) is 11.1 Å². The molecule has 0 fully saturated rings. The third-order valence-electron chi connectivity index (χ3n) is 2.79. The zero-order valence-corrected chi connectivity index (χ0v) is 12.3. The van der Waals surface area contributed by atoms with E-state index in [-0.39, 0.29) is 17.3 Å².